The van der Waals surface area contributed by atoms with Crippen molar-refractivity contribution >= 4 is 17.9 Å². The predicted octanol–water partition coefficient (Wildman–Crippen LogP) is 2.01. The molecule has 1 atom stereocenters. The molecule has 3 amide bonds. The van der Waals surface area contributed by atoms with Crippen molar-refractivity contribution in [2.24, 2.45) is 5.92 Å². The summed E-state index contributed by atoms with van der Waals surface area (Å²) < 4.78 is 22.8. The summed E-state index contributed by atoms with van der Waals surface area (Å²) in [7, 11) is 0. The lowest BCUT2D eigenvalue weighted by Crippen LogP contribution is -2.42. The SMILES string of the molecule is CC(C)CCNC(=O)NC(=O)COC(=O)[C@@H](C)Oc1ccc(F)cc1. The molecule has 0 fully saturated rings. The van der Waals surface area contributed by atoms with Gasteiger partial charge in [-0.15, -0.1) is 0 Å². The summed E-state index contributed by atoms with van der Waals surface area (Å²) in [6.07, 6.45) is -0.201. The molecule has 0 heterocycles. The maximum Gasteiger partial charge on any atom is 0.347 e. The third-order valence-electron chi connectivity index (χ3n) is 3.06. The van der Waals surface area contributed by atoms with Gasteiger partial charge < -0.3 is 14.8 Å². The van der Waals surface area contributed by atoms with Crippen molar-refractivity contribution in [3.8, 4) is 5.75 Å². The molecule has 0 aliphatic carbocycles. The topological polar surface area (TPSA) is 93.7 Å². The van der Waals surface area contributed by atoms with Crippen LogP contribution >= 0.6 is 0 Å². The summed E-state index contributed by atoms with van der Waals surface area (Å²) >= 11 is 0. The van der Waals surface area contributed by atoms with Crippen LogP contribution in [0, 0.1) is 11.7 Å². The van der Waals surface area contributed by atoms with E-state index in [1.54, 1.807) is 0 Å². The minimum Gasteiger partial charge on any atom is -0.479 e. The molecule has 0 aliphatic rings. The van der Waals surface area contributed by atoms with E-state index in [0.29, 0.717) is 18.2 Å². The summed E-state index contributed by atoms with van der Waals surface area (Å²) in [5.41, 5.74) is 0. The molecule has 1 aromatic rings. The molecule has 25 heavy (non-hydrogen) atoms. The summed E-state index contributed by atoms with van der Waals surface area (Å²) in [4.78, 5) is 34.7. The van der Waals surface area contributed by atoms with Crippen molar-refractivity contribution in [1.82, 2.24) is 10.6 Å². The van der Waals surface area contributed by atoms with E-state index >= 15 is 0 Å². The molecule has 0 spiro atoms. The molecular weight excluding hydrogens is 331 g/mol. The maximum absolute atomic E-state index is 12.8. The van der Waals surface area contributed by atoms with Crippen molar-refractivity contribution in [2.75, 3.05) is 13.2 Å². The fourth-order valence-electron chi connectivity index (χ4n) is 1.70. The molecule has 0 radical (unpaired) electrons. The van der Waals surface area contributed by atoms with E-state index in [0.717, 1.165) is 6.42 Å². The molecule has 1 aromatic carbocycles. The van der Waals surface area contributed by atoms with Gasteiger partial charge in [0.2, 0.25) is 0 Å². The van der Waals surface area contributed by atoms with E-state index in [1.165, 1.54) is 31.2 Å². The van der Waals surface area contributed by atoms with Gasteiger partial charge in [-0.05, 0) is 43.5 Å². The zero-order valence-corrected chi connectivity index (χ0v) is 14.5. The molecule has 0 unspecified atom stereocenters. The number of nitrogens with one attached hydrogen (secondary N) is 2. The smallest absolute Gasteiger partial charge is 0.347 e. The quantitative estimate of drug-likeness (QED) is 0.697. The Morgan fingerprint density at radius 1 is 1.12 bits per heavy atom. The van der Waals surface area contributed by atoms with E-state index in [9.17, 15) is 18.8 Å². The van der Waals surface area contributed by atoms with Gasteiger partial charge in [-0.3, -0.25) is 10.1 Å². The molecule has 1 rings (SSSR count). The molecule has 8 heteroatoms. The van der Waals surface area contributed by atoms with Gasteiger partial charge in [0.05, 0.1) is 0 Å². The van der Waals surface area contributed by atoms with Crippen LogP contribution in [0.25, 0.3) is 0 Å². The summed E-state index contributed by atoms with van der Waals surface area (Å²) in [5, 5.41) is 4.58. The summed E-state index contributed by atoms with van der Waals surface area (Å²) in [6.45, 7) is 5.30. The van der Waals surface area contributed by atoms with E-state index < -0.39 is 36.4 Å². The van der Waals surface area contributed by atoms with Crippen molar-refractivity contribution in [1.29, 1.82) is 0 Å². The predicted molar refractivity (Wildman–Crippen MR) is 88.4 cm³/mol. The second-order valence-corrected chi connectivity index (χ2v) is 5.81. The van der Waals surface area contributed by atoms with Crippen LogP contribution in [-0.2, 0) is 14.3 Å². The van der Waals surface area contributed by atoms with Crippen molar-refractivity contribution < 1.29 is 28.2 Å². The van der Waals surface area contributed by atoms with Gasteiger partial charge in [0.1, 0.15) is 11.6 Å². The molecule has 0 aliphatic heterocycles. The van der Waals surface area contributed by atoms with E-state index in [-0.39, 0.29) is 0 Å². The number of carbonyl (C=O) groups excluding carboxylic acids is 3. The normalized spacial score (nSPS) is 11.6. The van der Waals surface area contributed by atoms with Crippen LogP contribution in [0.5, 0.6) is 5.75 Å². The van der Waals surface area contributed by atoms with Gasteiger partial charge in [-0.2, -0.15) is 0 Å². The van der Waals surface area contributed by atoms with Crippen molar-refractivity contribution in [3.63, 3.8) is 0 Å². The van der Waals surface area contributed by atoms with Gasteiger partial charge in [-0.1, -0.05) is 13.8 Å². The van der Waals surface area contributed by atoms with Crippen LogP contribution < -0.4 is 15.4 Å². The first-order chi connectivity index (χ1) is 11.8. The van der Waals surface area contributed by atoms with Crippen molar-refractivity contribution in [2.45, 2.75) is 33.3 Å². The zero-order chi connectivity index (χ0) is 18.8. The highest BCUT2D eigenvalue weighted by Crippen LogP contribution is 2.13. The Bertz CT molecular complexity index is 589. The van der Waals surface area contributed by atoms with Crippen LogP contribution in [0.4, 0.5) is 9.18 Å². The fourth-order valence-corrected chi connectivity index (χ4v) is 1.70. The minimum absolute atomic E-state index is 0.292. The van der Waals surface area contributed by atoms with Crippen LogP contribution in [0.1, 0.15) is 27.2 Å². The molecule has 0 saturated heterocycles. The van der Waals surface area contributed by atoms with Gasteiger partial charge in [0, 0.05) is 6.54 Å². The average Bonchev–Trinajstić information content (AvgIpc) is 2.54. The molecule has 0 bridgehead atoms. The number of hydrogen-bond donors (Lipinski definition) is 2. The monoisotopic (exact) mass is 354 g/mol. The van der Waals surface area contributed by atoms with E-state index in [1.807, 2.05) is 13.8 Å². The van der Waals surface area contributed by atoms with Gasteiger partial charge in [0.15, 0.2) is 12.7 Å². The van der Waals surface area contributed by atoms with Crippen molar-refractivity contribution in [3.05, 3.63) is 30.1 Å². The molecule has 138 valence electrons. The lowest BCUT2D eigenvalue weighted by atomic mass is 10.1. The van der Waals surface area contributed by atoms with Crippen LogP contribution in [-0.4, -0.2) is 37.2 Å². The molecule has 0 saturated carbocycles. The highest BCUT2D eigenvalue weighted by atomic mass is 19.1. The van der Waals surface area contributed by atoms with E-state index in [2.05, 4.69) is 10.6 Å². The van der Waals surface area contributed by atoms with Gasteiger partial charge in [-0.25, -0.2) is 14.0 Å². The number of ether oxygens (including phenoxy) is 2. The Morgan fingerprint density at radius 3 is 2.36 bits per heavy atom. The lowest BCUT2D eigenvalue weighted by molar-refractivity contribution is -0.154. The Balaban J connectivity index is 2.28. The number of hydrogen-bond acceptors (Lipinski definition) is 5. The number of amides is 3. The summed E-state index contributed by atoms with van der Waals surface area (Å²) in [6, 6.07) is 4.48. The third kappa shape index (κ3) is 8.69. The Morgan fingerprint density at radius 2 is 1.76 bits per heavy atom. The highest BCUT2D eigenvalue weighted by molar-refractivity contribution is 5.95. The van der Waals surface area contributed by atoms with Crippen LogP contribution in [0.2, 0.25) is 0 Å². The number of imide groups is 1. The number of benzene rings is 1. The second kappa shape index (κ2) is 10.3. The van der Waals surface area contributed by atoms with E-state index in [4.69, 9.17) is 9.47 Å². The Hall–Kier alpha value is -2.64. The minimum atomic E-state index is -0.988. The van der Waals surface area contributed by atoms with Gasteiger partial charge in [0.25, 0.3) is 5.91 Å². The maximum atomic E-state index is 12.8. The number of urea groups is 1. The second-order valence-electron chi connectivity index (χ2n) is 5.81. The lowest BCUT2D eigenvalue weighted by Gasteiger charge is -2.14. The summed E-state index contributed by atoms with van der Waals surface area (Å²) in [5.74, 6) is -1.23. The fraction of sp³-hybridized carbons (Fsp3) is 0.471. The number of carbonyl (C=O) groups is 3. The number of esters is 1. The first kappa shape index (κ1) is 20.4. The molecule has 2 N–H and O–H groups in total. The first-order valence-corrected chi connectivity index (χ1v) is 7.94. The third-order valence-corrected chi connectivity index (χ3v) is 3.06. The largest absolute Gasteiger partial charge is 0.479 e. The average molecular weight is 354 g/mol. The number of halogens is 1. The van der Waals surface area contributed by atoms with Gasteiger partial charge >= 0.3 is 12.0 Å². The molecule has 0 aromatic heterocycles. The van der Waals surface area contributed by atoms with Crippen LogP contribution in [0.15, 0.2) is 24.3 Å². The highest BCUT2D eigenvalue weighted by Gasteiger charge is 2.18. The Labute approximate surface area is 145 Å². The zero-order valence-electron chi connectivity index (χ0n) is 14.5. The molecular formula is C17H23FN2O5. The van der Waals surface area contributed by atoms with Crippen LogP contribution in [0.3, 0.4) is 0 Å². The molecule has 7 nitrogen and oxygen atoms in total. The Kier molecular flexibility index (Phi) is 8.38. The standard InChI is InChI=1S/C17H23FN2O5/c1-11(2)8-9-19-17(23)20-15(21)10-24-16(22)12(3)25-14-6-4-13(18)5-7-14/h4-7,11-12H,8-10H2,1-3H3,(H2,19,20,21,23)/t12-/m1/s1. The first-order valence-electron chi connectivity index (χ1n) is 7.94. The number of rotatable bonds is 8.